The molecule has 0 aliphatic carbocycles. The van der Waals surface area contributed by atoms with Crippen LogP contribution in [0.2, 0.25) is 0 Å². The molecule has 1 aromatic rings. The zero-order valence-corrected chi connectivity index (χ0v) is 10.4. The second kappa shape index (κ2) is 5.49. The van der Waals surface area contributed by atoms with Gasteiger partial charge in [0.05, 0.1) is 12.7 Å². The molecule has 0 fully saturated rings. The van der Waals surface area contributed by atoms with E-state index < -0.39 is 6.10 Å². The van der Waals surface area contributed by atoms with Crippen LogP contribution in [0.4, 0.5) is 0 Å². The lowest BCUT2D eigenvalue weighted by atomic mass is 10.2. The molecule has 0 aliphatic rings. The Kier molecular flexibility index (Phi) is 4.57. The SMILES string of the molecule is CC(O)C(C)Oc1ccc(Br)c(CO)c1. The molecule has 0 aromatic heterocycles. The number of hydrogen-bond donors (Lipinski definition) is 2. The Morgan fingerprint density at radius 2 is 2.07 bits per heavy atom. The lowest BCUT2D eigenvalue weighted by Crippen LogP contribution is -2.25. The maximum absolute atomic E-state index is 9.28. The molecule has 0 aliphatic heterocycles. The Morgan fingerprint density at radius 1 is 1.40 bits per heavy atom. The molecule has 2 atom stereocenters. The summed E-state index contributed by atoms with van der Waals surface area (Å²) in [6, 6.07) is 5.36. The van der Waals surface area contributed by atoms with Crippen molar-refractivity contribution in [2.75, 3.05) is 0 Å². The van der Waals surface area contributed by atoms with E-state index >= 15 is 0 Å². The molecule has 15 heavy (non-hydrogen) atoms. The van der Waals surface area contributed by atoms with E-state index in [4.69, 9.17) is 9.84 Å². The monoisotopic (exact) mass is 274 g/mol. The lowest BCUT2D eigenvalue weighted by Gasteiger charge is -2.17. The van der Waals surface area contributed by atoms with Crippen molar-refractivity contribution in [3.63, 3.8) is 0 Å². The maximum Gasteiger partial charge on any atom is 0.121 e. The highest BCUT2D eigenvalue weighted by molar-refractivity contribution is 9.10. The quantitative estimate of drug-likeness (QED) is 0.884. The van der Waals surface area contributed by atoms with Crippen molar-refractivity contribution in [3.8, 4) is 5.75 Å². The van der Waals surface area contributed by atoms with E-state index in [1.165, 1.54) is 0 Å². The predicted octanol–water partition coefficient (Wildman–Crippen LogP) is 2.09. The number of ether oxygens (including phenoxy) is 1. The Labute approximate surface area is 97.8 Å². The number of benzene rings is 1. The molecule has 0 spiro atoms. The third kappa shape index (κ3) is 3.48. The van der Waals surface area contributed by atoms with E-state index in [-0.39, 0.29) is 12.7 Å². The number of halogens is 1. The van der Waals surface area contributed by atoms with Gasteiger partial charge in [0.15, 0.2) is 0 Å². The fraction of sp³-hybridized carbons (Fsp3) is 0.455. The molecular weight excluding hydrogens is 260 g/mol. The van der Waals surface area contributed by atoms with E-state index in [2.05, 4.69) is 15.9 Å². The largest absolute Gasteiger partial charge is 0.488 e. The second-order valence-corrected chi connectivity index (χ2v) is 4.33. The van der Waals surface area contributed by atoms with Crippen LogP contribution >= 0.6 is 15.9 Å². The topological polar surface area (TPSA) is 49.7 Å². The summed E-state index contributed by atoms with van der Waals surface area (Å²) in [5, 5.41) is 18.3. The summed E-state index contributed by atoms with van der Waals surface area (Å²) in [5.41, 5.74) is 0.769. The number of aliphatic hydroxyl groups excluding tert-OH is 2. The third-order valence-corrected chi connectivity index (χ3v) is 2.96. The van der Waals surface area contributed by atoms with Gasteiger partial charge in [0.25, 0.3) is 0 Å². The highest BCUT2D eigenvalue weighted by atomic mass is 79.9. The lowest BCUT2D eigenvalue weighted by molar-refractivity contribution is 0.0603. The normalized spacial score (nSPS) is 14.7. The van der Waals surface area contributed by atoms with Gasteiger partial charge in [-0.3, -0.25) is 0 Å². The Bertz CT molecular complexity index is 326. The molecule has 1 aromatic carbocycles. The number of hydrogen-bond acceptors (Lipinski definition) is 3. The molecule has 3 nitrogen and oxygen atoms in total. The van der Waals surface area contributed by atoms with E-state index in [9.17, 15) is 5.11 Å². The van der Waals surface area contributed by atoms with Gasteiger partial charge in [-0.25, -0.2) is 0 Å². The van der Waals surface area contributed by atoms with Gasteiger partial charge >= 0.3 is 0 Å². The van der Waals surface area contributed by atoms with Gasteiger partial charge in [-0.2, -0.15) is 0 Å². The first-order valence-corrected chi connectivity index (χ1v) is 5.58. The van der Waals surface area contributed by atoms with Crippen LogP contribution in [0.5, 0.6) is 5.75 Å². The second-order valence-electron chi connectivity index (χ2n) is 3.47. The van der Waals surface area contributed by atoms with Crippen LogP contribution in [0, 0.1) is 0 Å². The van der Waals surface area contributed by atoms with Crippen molar-refractivity contribution in [1.82, 2.24) is 0 Å². The van der Waals surface area contributed by atoms with Gasteiger partial charge in [0.2, 0.25) is 0 Å². The Hall–Kier alpha value is -0.580. The maximum atomic E-state index is 9.28. The molecule has 1 rings (SSSR count). The Balaban J connectivity index is 2.78. The molecule has 84 valence electrons. The average molecular weight is 275 g/mol. The van der Waals surface area contributed by atoms with Crippen LogP contribution < -0.4 is 4.74 Å². The molecule has 0 saturated carbocycles. The molecule has 0 amide bonds. The van der Waals surface area contributed by atoms with Gasteiger partial charge in [-0.1, -0.05) is 15.9 Å². The third-order valence-electron chi connectivity index (χ3n) is 2.19. The molecule has 0 bridgehead atoms. The fourth-order valence-electron chi connectivity index (χ4n) is 1.06. The van der Waals surface area contributed by atoms with Crippen LogP contribution in [0.15, 0.2) is 22.7 Å². The van der Waals surface area contributed by atoms with Crippen LogP contribution in [-0.4, -0.2) is 22.4 Å². The van der Waals surface area contributed by atoms with E-state index in [1.54, 1.807) is 26.0 Å². The highest BCUT2D eigenvalue weighted by Gasteiger charge is 2.11. The van der Waals surface area contributed by atoms with Gasteiger partial charge in [0, 0.05) is 4.47 Å². The van der Waals surface area contributed by atoms with Crippen LogP contribution in [0.3, 0.4) is 0 Å². The minimum absolute atomic E-state index is 0.0408. The summed E-state index contributed by atoms with van der Waals surface area (Å²) in [6.45, 7) is 3.43. The van der Waals surface area contributed by atoms with E-state index in [1.807, 2.05) is 6.07 Å². The molecule has 2 N–H and O–H groups in total. The minimum Gasteiger partial charge on any atom is -0.488 e. The van der Waals surface area contributed by atoms with Crippen molar-refractivity contribution >= 4 is 15.9 Å². The summed E-state index contributed by atoms with van der Waals surface area (Å²) in [7, 11) is 0. The molecule has 0 radical (unpaired) electrons. The summed E-state index contributed by atoms with van der Waals surface area (Å²) in [6.07, 6.45) is -0.788. The average Bonchev–Trinajstić information content (AvgIpc) is 2.20. The van der Waals surface area contributed by atoms with Crippen LogP contribution in [0.25, 0.3) is 0 Å². The van der Waals surface area contributed by atoms with E-state index in [0.717, 1.165) is 10.0 Å². The first kappa shape index (κ1) is 12.5. The van der Waals surface area contributed by atoms with E-state index in [0.29, 0.717) is 5.75 Å². The standard InChI is InChI=1S/C11H15BrO3/c1-7(14)8(2)15-10-3-4-11(12)9(5-10)6-13/h3-5,7-8,13-14H,6H2,1-2H3. The van der Waals surface area contributed by atoms with Crippen molar-refractivity contribution in [3.05, 3.63) is 28.2 Å². The van der Waals surface area contributed by atoms with Gasteiger partial charge in [0.1, 0.15) is 11.9 Å². The van der Waals surface area contributed by atoms with Crippen molar-refractivity contribution < 1.29 is 14.9 Å². The van der Waals surface area contributed by atoms with Crippen molar-refractivity contribution in [2.24, 2.45) is 0 Å². The molecule has 2 unspecified atom stereocenters. The zero-order valence-electron chi connectivity index (χ0n) is 8.77. The van der Waals surface area contributed by atoms with Crippen molar-refractivity contribution in [2.45, 2.75) is 32.7 Å². The van der Waals surface area contributed by atoms with Crippen molar-refractivity contribution in [1.29, 1.82) is 0 Å². The molecular formula is C11H15BrO3. The van der Waals surface area contributed by atoms with Gasteiger partial charge < -0.3 is 14.9 Å². The molecule has 4 heteroatoms. The zero-order chi connectivity index (χ0) is 11.4. The van der Waals surface area contributed by atoms with Gasteiger partial charge in [-0.15, -0.1) is 0 Å². The fourth-order valence-corrected chi connectivity index (χ4v) is 1.43. The number of rotatable bonds is 4. The van der Waals surface area contributed by atoms with Gasteiger partial charge in [-0.05, 0) is 37.6 Å². The van der Waals surface area contributed by atoms with Crippen LogP contribution in [0.1, 0.15) is 19.4 Å². The summed E-state index contributed by atoms with van der Waals surface area (Å²) >= 11 is 3.32. The molecule has 0 saturated heterocycles. The first-order chi connectivity index (χ1) is 7.04. The summed E-state index contributed by atoms with van der Waals surface area (Å²) in [5.74, 6) is 0.649. The summed E-state index contributed by atoms with van der Waals surface area (Å²) in [4.78, 5) is 0. The summed E-state index contributed by atoms with van der Waals surface area (Å²) < 4.78 is 6.34. The minimum atomic E-state index is -0.522. The number of aliphatic hydroxyl groups is 2. The predicted molar refractivity (Wildman–Crippen MR) is 61.8 cm³/mol. The smallest absolute Gasteiger partial charge is 0.121 e. The molecule has 0 heterocycles. The van der Waals surface area contributed by atoms with Crippen LogP contribution in [-0.2, 0) is 6.61 Å². The Morgan fingerprint density at radius 3 is 2.60 bits per heavy atom. The highest BCUT2D eigenvalue weighted by Crippen LogP contribution is 2.23. The first-order valence-electron chi connectivity index (χ1n) is 4.78.